The fraction of sp³-hybridized carbons (Fsp3) is 0.125. The average molecular weight is 469 g/mol. The number of rotatable bonds is 8. The van der Waals surface area contributed by atoms with Gasteiger partial charge in [-0.3, -0.25) is 9.59 Å². The Kier molecular flexibility index (Phi) is 7.92. The van der Waals surface area contributed by atoms with Crippen LogP contribution < -0.4 is 10.6 Å². The summed E-state index contributed by atoms with van der Waals surface area (Å²) in [7, 11) is 0. The first kappa shape index (κ1) is 23.4. The number of hydrogen-bond acceptors (Lipinski definition) is 4. The van der Waals surface area contributed by atoms with Crippen LogP contribution in [-0.2, 0) is 4.79 Å². The molecule has 3 aromatic rings. The molecular formula is C24H21ClN2O4S. The normalized spacial score (nSPS) is 11.4. The highest BCUT2D eigenvalue weighted by Gasteiger charge is 2.19. The van der Waals surface area contributed by atoms with E-state index in [0.717, 1.165) is 4.90 Å². The number of nitrogens with one attached hydrogen (secondary N) is 2. The number of amides is 2. The molecule has 0 bridgehead atoms. The molecule has 0 aliphatic carbocycles. The van der Waals surface area contributed by atoms with Gasteiger partial charge in [0, 0.05) is 26.9 Å². The predicted octanol–water partition coefficient (Wildman–Crippen LogP) is 5.80. The Bertz CT molecular complexity index is 1150. The molecule has 3 rings (SSSR count). The summed E-state index contributed by atoms with van der Waals surface area (Å²) in [5.41, 5.74) is 1.58. The van der Waals surface area contributed by atoms with E-state index in [0.29, 0.717) is 28.4 Å². The number of carbonyl (C=O) groups is 3. The highest BCUT2D eigenvalue weighted by Crippen LogP contribution is 2.29. The summed E-state index contributed by atoms with van der Waals surface area (Å²) in [6.45, 7) is 1.90. The topological polar surface area (TPSA) is 95.5 Å². The van der Waals surface area contributed by atoms with Crippen LogP contribution in [-0.4, -0.2) is 28.1 Å². The summed E-state index contributed by atoms with van der Waals surface area (Å²) in [6.07, 6.45) is 0.564. The van der Waals surface area contributed by atoms with Gasteiger partial charge in [0.1, 0.15) is 0 Å². The maximum absolute atomic E-state index is 12.7. The zero-order valence-corrected chi connectivity index (χ0v) is 18.7. The third-order valence-electron chi connectivity index (χ3n) is 4.50. The smallest absolute Gasteiger partial charge is 0.335 e. The van der Waals surface area contributed by atoms with Crippen LogP contribution in [0.25, 0.3) is 0 Å². The number of carboxylic acid groups (broad SMARTS) is 1. The zero-order valence-electron chi connectivity index (χ0n) is 17.2. The molecule has 0 aliphatic heterocycles. The van der Waals surface area contributed by atoms with E-state index in [1.54, 1.807) is 54.6 Å². The van der Waals surface area contributed by atoms with Gasteiger partial charge in [-0.2, -0.15) is 0 Å². The van der Waals surface area contributed by atoms with Crippen molar-refractivity contribution in [2.24, 2.45) is 0 Å². The van der Waals surface area contributed by atoms with Crippen molar-refractivity contribution in [3.63, 3.8) is 0 Å². The fourth-order valence-corrected chi connectivity index (χ4v) is 4.12. The van der Waals surface area contributed by atoms with Crippen molar-refractivity contribution in [2.75, 3.05) is 10.6 Å². The van der Waals surface area contributed by atoms with Crippen molar-refractivity contribution in [3.05, 3.63) is 88.9 Å². The lowest BCUT2D eigenvalue weighted by molar-refractivity contribution is -0.115. The van der Waals surface area contributed by atoms with Gasteiger partial charge >= 0.3 is 5.97 Å². The number of thioether (sulfide) groups is 1. The standard InChI is InChI=1S/C24H21ClN2O4S/c1-2-21(23(29)27-18-9-4-7-16(13-18)24(30)31)32-20-11-5-10-19(14-20)26-22(28)15-6-3-8-17(25)12-15/h3-14,21H,2H2,1H3,(H,26,28)(H,27,29)(H,30,31). The van der Waals surface area contributed by atoms with Crippen LogP contribution in [0.15, 0.2) is 77.7 Å². The van der Waals surface area contributed by atoms with Crippen LogP contribution in [0.4, 0.5) is 11.4 Å². The molecule has 2 amide bonds. The second-order valence-corrected chi connectivity index (χ2v) is 8.59. The summed E-state index contributed by atoms with van der Waals surface area (Å²) in [4.78, 5) is 37.2. The molecule has 6 nitrogen and oxygen atoms in total. The number of halogens is 1. The second kappa shape index (κ2) is 10.8. The first-order valence-corrected chi connectivity index (χ1v) is 11.1. The maximum atomic E-state index is 12.7. The SMILES string of the molecule is CCC(Sc1cccc(NC(=O)c2cccc(Cl)c2)c1)C(=O)Nc1cccc(C(=O)O)c1. The first-order chi connectivity index (χ1) is 15.4. The minimum absolute atomic E-state index is 0.103. The van der Waals surface area contributed by atoms with E-state index in [-0.39, 0.29) is 17.4 Å². The third-order valence-corrected chi connectivity index (χ3v) is 6.09. The molecule has 0 aliphatic rings. The zero-order chi connectivity index (χ0) is 23.1. The van der Waals surface area contributed by atoms with E-state index in [4.69, 9.17) is 16.7 Å². The monoisotopic (exact) mass is 468 g/mol. The van der Waals surface area contributed by atoms with Gasteiger partial charge in [-0.15, -0.1) is 11.8 Å². The Morgan fingerprint density at radius 1 is 0.906 bits per heavy atom. The summed E-state index contributed by atoms with van der Waals surface area (Å²) < 4.78 is 0. The maximum Gasteiger partial charge on any atom is 0.335 e. The molecule has 0 radical (unpaired) electrons. The quantitative estimate of drug-likeness (QED) is 0.363. The van der Waals surface area contributed by atoms with Gasteiger partial charge in [0.25, 0.3) is 5.91 Å². The molecule has 32 heavy (non-hydrogen) atoms. The van der Waals surface area contributed by atoms with E-state index in [9.17, 15) is 14.4 Å². The molecule has 3 N–H and O–H groups in total. The number of benzene rings is 3. The molecule has 3 aromatic carbocycles. The van der Waals surface area contributed by atoms with Gasteiger partial charge in [-0.25, -0.2) is 4.79 Å². The molecule has 0 aromatic heterocycles. The van der Waals surface area contributed by atoms with Gasteiger partial charge in [0.05, 0.1) is 10.8 Å². The molecular weight excluding hydrogens is 448 g/mol. The first-order valence-electron chi connectivity index (χ1n) is 9.83. The number of anilines is 2. The molecule has 8 heteroatoms. The molecule has 0 fully saturated rings. The number of hydrogen-bond donors (Lipinski definition) is 3. The van der Waals surface area contributed by atoms with E-state index >= 15 is 0 Å². The molecule has 0 spiro atoms. The second-order valence-electron chi connectivity index (χ2n) is 6.88. The van der Waals surface area contributed by atoms with Crippen LogP contribution in [0.2, 0.25) is 5.02 Å². The number of aromatic carboxylic acids is 1. The molecule has 0 heterocycles. The van der Waals surface area contributed by atoms with E-state index in [1.807, 2.05) is 13.0 Å². The van der Waals surface area contributed by atoms with Crippen molar-refractivity contribution < 1.29 is 19.5 Å². The van der Waals surface area contributed by atoms with Gasteiger partial charge < -0.3 is 15.7 Å². The highest BCUT2D eigenvalue weighted by molar-refractivity contribution is 8.00. The van der Waals surface area contributed by atoms with Gasteiger partial charge in [0.2, 0.25) is 5.91 Å². The van der Waals surface area contributed by atoms with Crippen LogP contribution in [0.5, 0.6) is 0 Å². The average Bonchev–Trinajstić information content (AvgIpc) is 2.77. The Labute approximate surface area is 195 Å². The molecule has 1 atom stereocenters. The molecule has 164 valence electrons. The van der Waals surface area contributed by atoms with Gasteiger partial charge in [-0.1, -0.05) is 36.7 Å². The molecule has 0 saturated carbocycles. The number of carbonyl (C=O) groups excluding carboxylic acids is 2. The largest absolute Gasteiger partial charge is 0.478 e. The lowest BCUT2D eigenvalue weighted by Gasteiger charge is -2.16. The van der Waals surface area contributed by atoms with E-state index in [2.05, 4.69) is 10.6 Å². The summed E-state index contributed by atoms with van der Waals surface area (Å²) in [5.74, 6) is -1.56. The van der Waals surface area contributed by atoms with Crippen molar-refractivity contribution in [1.29, 1.82) is 0 Å². The Morgan fingerprint density at radius 3 is 2.25 bits per heavy atom. The van der Waals surface area contributed by atoms with Crippen LogP contribution >= 0.6 is 23.4 Å². The van der Waals surface area contributed by atoms with Gasteiger partial charge in [0.15, 0.2) is 0 Å². The Hall–Kier alpha value is -3.29. The minimum Gasteiger partial charge on any atom is -0.478 e. The molecule has 1 unspecified atom stereocenters. The van der Waals surface area contributed by atoms with E-state index < -0.39 is 11.2 Å². The van der Waals surface area contributed by atoms with Crippen molar-refractivity contribution >= 4 is 52.5 Å². The minimum atomic E-state index is -1.06. The summed E-state index contributed by atoms with van der Waals surface area (Å²) >= 11 is 7.32. The van der Waals surface area contributed by atoms with Crippen LogP contribution in [0.3, 0.4) is 0 Å². The van der Waals surface area contributed by atoms with Crippen molar-refractivity contribution in [3.8, 4) is 0 Å². The van der Waals surface area contributed by atoms with Crippen LogP contribution in [0.1, 0.15) is 34.1 Å². The lowest BCUT2D eigenvalue weighted by atomic mass is 10.2. The highest BCUT2D eigenvalue weighted by atomic mass is 35.5. The van der Waals surface area contributed by atoms with Gasteiger partial charge in [-0.05, 0) is 61.0 Å². The van der Waals surface area contributed by atoms with Crippen LogP contribution in [0, 0.1) is 0 Å². The number of carboxylic acids is 1. The van der Waals surface area contributed by atoms with Crippen molar-refractivity contribution in [1.82, 2.24) is 0 Å². The Morgan fingerprint density at radius 2 is 1.56 bits per heavy atom. The predicted molar refractivity (Wildman–Crippen MR) is 128 cm³/mol. The molecule has 0 saturated heterocycles. The summed E-state index contributed by atoms with van der Waals surface area (Å²) in [5, 5.41) is 14.8. The van der Waals surface area contributed by atoms with E-state index in [1.165, 1.54) is 23.9 Å². The summed E-state index contributed by atoms with van der Waals surface area (Å²) in [6, 6.07) is 20.0. The van der Waals surface area contributed by atoms with Crippen molar-refractivity contribution in [2.45, 2.75) is 23.5 Å². The third kappa shape index (κ3) is 6.35. The lowest BCUT2D eigenvalue weighted by Crippen LogP contribution is -2.24. The fourth-order valence-electron chi connectivity index (χ4n) is 2.92. The Balaban J connectivity index is 1.67.